The van der Waals surface area contributed by atoms with Crippen molar-refractivity contribution in [1.82, 2.24) is 15.0 Å². The highest BCUT2D eigenvalue weighted by molar-refractivity contribution is 5.79. The number of carbonyl (C=O) groups excluding carboxylic acids is 1. The van der Waals surface area contributed by atoms with Crippen molar-refractivity contribution in [3.8, 4) is 0 Å². The summed E-state index contributed by atoms with van der Waals surface area (Å²) in [5.74, 6) is 1.39. The summed E-state index contributed by atoms with van der Waals surface area (Å²) >= 11 is 0. The second-order valence-corrected chi connectivity index (χ2v) is 5.97. The van der Waals surface area contributed by atoms with Gasteiger partial charge in [0.25, 0.3) is 0 Å². The quantitative estimate of drug-likeness (QED) is 0.830. The SMILES string of the molecule is CCCC(C(=O)N1CCCCC1c1ncon1)C(C)C. The van der Waals surface area contributed by atoms with Crippen LogP contribution in [0.1, 0.15) is 64.7 Å². The molecule has 2 unspecified atom stereocenters. The largest absolute Gasteiger partial charge is 0.343 e. The van der Waals surface area contributed by atoms with Crippen LogP contribution in [0.3, 0.4) is 0 Å². The summed E-state index contributed by atoms with van der Waals surface area (Å²) in [4.78, 5) is 19.0. The Hall–Kier alpha value is -1.39. The highest BCUT2D eigenvalue weighted by atomic mass is 16.5. The number of nitrogens with zero attached hydrogens (tertiary/aromatic N) is 3. The third kappa shape index (κ3) is 3.19. The topological polar surface area (TPSA) is 59.2 Å². The lowest BCUT2D eigenvalue weighted by Gasteiger charge is -2.37. The van der Waals surface area contributed by atoms with E-state index in [0.717, 1.165) is 38.6 Å². The van der Waals surface area contributed by atoms with E-state index in [4.69, 9.17) is 4.52 Å². The van der Waals surface area contributed by atoms with E-state index in [1.54, 1.807) is 0 Å². The summed E-state index contributed by atoms with van der Waals surface area (Å²) in [6, 6.07) is -0.00638. The first-order valence-corrected chi connectivity index (χ1v) is 7.71. The van der Waals surface area contributed by atoms with Crippen molar-refractivity contribution in [3.63, 3.8) is 0 Å². The Kier molecular flexibility index (Phi) is 5.15. The molecule has 20 heavy (non-hydrogen) atoms. The number of amides is 1. The van der Waals surface area contributed by atoms with E-state index >= 15 is 0 Å². The number of hydrogen-bond donors (Lipinski definition) is 0. The maximum absolute atomic E-state index is 12.9. The van der Waals surface area contributed by atoms with Gasteiger partial charge in [-0.1, -0.05) is 32.3 Å². The fourth-order valence-corrected chi connectivity index (χ4v) is 3.06. The highest BCUT2D eigenvalue weighted by Gasteiger charge is 2.35. The van der Waals surface area contributed by atoms with Crippen molar-refractivity contribution in [2.24, 2.45) is 11.8 Å². The Morgan fingerprint density at radius 3 is 2.90 bits per heavy atom. The lowest BCUT2D eigenvalue weighted by molar-refractivity contribution is -0.141. The van der Waals surface area contributed by atoms with Gasteiger partial charge in [-0.25, -0.2) is 0 Å². The fourth-order valence-electron chi connectivity index (χ4n) is 3.06. The number of rotatable bonds is 5. The molecule has 1 aliphatic rings. The van der Waals surface area contributed by atoms with Crippen molar-refractivity contribution < 1.29 is 9.32 Å². The summed E-state index contributed by atoms with van der Waals surface area (Å²) in [5, 5.41) is 3.94. The number of likely N-dealkylation sites (tertiary alicyclic amines) is 1. The van der Waals surface area contributed by atoms with Gasteiger partial charge in [0.15, 0.2) is 5.82 Å². The molecule has 2 atom stereocenters. The van der Waals surface area contributed by atoms with Crippen LogP contribution in [0.5, 0.6) is 0 Å². The Balaban J connectivity index is 2.16. The molecule has 0 aromatic carbocycles. The van der Waals surface area contributed by atoms with Crippen molar-refractivity contribution in [1.29, 1.82) is 0 Å². The van der Waals surface area contributed by atoms with Crippen molar-refractivity contribution in [3.05, 3.63) is 12.2 Å². The van der Waals surface area contributed by atoms with E-state index in [0.29, 0.717) is 11.7 Å². The first-order valence-electron chi connectivity index (χ1n) is 7.71. The summed E-state index contributed by atoms with van der Waals surface area (Å²) in [7, 11) is 0. The first-order chi connectivity index (χ1) is 9.65. The van der Waals surface area contributed by atoms with E-state index in [1.165, 1.54) is 6.39 Å². The van der Waals surface area contributed by atoms with Gasteiger partial charge in [-0.05, 0) is 31.6 Å². The van der Waals surface area contributed by atoms with Crippen LogP contribution in [0.15, 0.2) is 10.9 Å². The van der Waals surface area contributed by atoms with Crippen molar-refractivity contribution in [2.75, 3.05) is 6.54 Å². The number of aromatic nitrogens is 2. The average molecular weight is 279 g/mol. The van der Waals surface area contributed by atoms with Crippen molar-refractivity contribution in [2.45, 2.75) is 58.9 Å². The zero-order chi connectivity index (χ0) is 14.5. The standard InChI is InChI=1S/C15H25N3O2/c1-4-7-12(11(2)3)15(19)18-9-6-5-8-13(18)14-16-10-20-17-14/h10-13H,4-9H2,1-3H3. The zero-order valence-electron chi connectivity index (χ0n) is 12.7. The monoisotopic (exact) mass is 279 g/mol. The van der Waals surface area contributed by atoms with Gasteiger partial charge in [0.05, 0.1) is 6.04 Å². The highest BCUT2D eigenvalue weighted by Crippen LogP contribution is 2.32. The maximum atomic E-state index is 12.9. The van der Waals surface area contributed by atoms with Gasteiger partial charge in [-0.15, -0.1) is 0 Å². The van der Waals surface area contributed by atoms with Crippen LogP contribution in [-0.2, 0) is 4.79 Å². The van der Waals surface area contributed by atoms with Gasteiger partial charge < -0.3 is 9.42 Å². The molecule has 1 saturated heterocycles. The maximum Gasteiger partial charge on any atom is 0.226 e. The molecule has 1 amide bonds. The van der Waals surface area contributed by atoms with Gasteiger partial charge in [0.2, 0.25) is 12.3 Å². The molecule has 0 N–H and O–H groups in total. The van der Waals surface area contributed by atoms with E-state index in [-0.39, 0.29) is 17.9 Å². The van der Waals surface area contributed by atoms with Crippen LogP contribution in [0.4, 0.5) is 0 Å². The van der Waals surface area contributed by atoms with Gasteiger partial charge in [-0.3, -0.25) is 4.79 Å². The molecule has 1 aromatic rings. The van der Waals surface area contributed by atoms with Crippen LogP contribution in [0.2, 0.25) is 0 Å². The van der Waals surface area contributed by atoms with Crippen LogP contribution in [0.25, 0.3) is 0 Å². The van der Waals surface area contributed by atoms with E-state index < -0.39 is 0 Å². The predicted octanol–water partition coefficient (Wildman–Crippen LogP) is 3.20. The molecule has 2 heterocycles. The lowest BCUT2D eigenvalue weighted by Crippen LogP contribution is -2.43. The van der Waals surface area contributed by atoms with E-state index in [1.807, 2.05) is 4.90 Å². The molecule has 0 bridgehead atoms. The van der Waals surface area contributed by atoms with Gasteiger partial charge >= 0.3 is 0 Å². The Bertz CT molecular complexity index is 417. The summed E-state index contributed by atoms with van der Waals surface area (Å²) in [6.45, 7) is 7.21. The second kappa shape index (κ2) is 6.86. The van der Waals surface area contributed by atoms with E-state index in [9.17, 15) is 4.79 Å². The Morgan fingerprint density at radius 2 is 2.30 bits per heavy atom. The number of hydrogen-bond acceptors (Lipinski definition) is 4. The third-order valence-electron chi connectivity index (χ3n) is 4.18. The van der Waals surface area contributed by atoms with Gasteiger partial charge in [0, 0.05) is 12.5 Å². The first kappa shape index (κ1) is 15.0. The number of carbonyl (C=O) groups is 1. The molecule has 0 aliphatic carbocycles. The molecule has 1 aromatic heterocycles. The van der Waals surface area contributed by atoms with Gasteiger partial charge in [-0.2, -0.15) is 4.98 Å². The predicted molar refractivity (Wildman–Crippen MR) is 75.8 cm³/mol. The molecule has 5 nitrogen and oxygen atoms in total. The zero-order valence-corrected chi connectivity index (χ0v) is 12.7. The molecule has 0 radical (unpaired) electrons. The van der Waals surface area contributed by atoms with Crippen LogP contribution < -0.4 is 0 Å². The minimum absolute atomic E-state index is 0.00638. The minimum Gasteiger partial charge on any atom is -0.343 e. The normalized spacial score (nSPS) is 21.2. The summed E-state index contributed by atoms with van der Waals surface area (Å²) < 4.78 is 4.85. The van der Waals surface area contributed by atoms with Crippen LogP contribution in [-0.4, -0.2) is 27.5 Å². The Labute approximate surface area is 120 Å². The fraction of sp³-hybridized carbons (Fsp3) is 0.800. The Morgan fingerprint density at radius 1 is 1.50 bits per heavy atom. The number of piperidine rings is 1. The third-order valence-corrected chi connectivity index (χ3v) is 4.18. The van der Waals surface area contributed by atoms with Crippen molar-refractivity contribution >= 4 is 5.91 Å². The second-order valence-electron chi connectivity index (χ2n) is 5.97. The smallest absolute Gasteiger partial charge is 0.226 e. The van der Waals surface area contributed by atoms with E-state index in [2.05, 4.69) is 30.9 Å². The lowest BCUT2D eigenvalue weighted by atomic mass is 9.88. The van der Waals surface area contributed by atoms with Crippen LogP contribution >= 0.6 is 0 Å². The average Bonchev–Trinajstić information content (AvgIpc) is 2.97. The molecule has 0 saturated carbocycles. The molecular formula is C15H25N3O2. The molecule has 1 fully saturated rings. The van der Waals surface area contributed by atoms with Gasteiger partial charge in [0.1, 0.15) is 0 Å². The molecule has 112 valence electrons. The molecule has 0 spiro atoms. The molecule has 2 rings (SSSR count). The minimum atomic E-state index is -0.00638. The van der Waals surface area contributed by atoms with Crippen LogP contribution in [0, 0.1) is 11.8 Å². The molecule has 5 heteroatoms. The summed E-state index contributed by atoms with van der Waals surface area (Å²) in [6.07, 6.45) is 6.45. The molecular weight excluding hydrogens is 254 g/mol. The molecule has 1 aliphatic heterocycles. The summed E-state index contributed by atoms with van der Waals surface area (Å²) in [5.41, 5.74) is 0.